The Morgan fingerprint density at radius 3 is 2.53 bits per heavy atom. The van der Waals surface area contributed by atoms with Gasteiger partial charge in [0.25, 0.3) is 0 Å². The zero-order chi connectivity index (χ0) is 21.2. The number of hydrogen-bond donors (Lipinski definition) is 1. The fraction of sp³-hybridized carbons (Fsp3) is 0.320. The molecule has 0 aliphatic carbocycles. The van der Waals surface area contributed by atoms with Crippen LogP contribution in [0.5, 0.6) is 5.75 Å². The van der Waals surface area contributed by atoms with E-state index in [1.54, 1.807) is 12.2 Å². The number of ether oxygens (including phenoxy) is 2. The average molecular weight is 407 g/mol. The van der Waals surface area contributed by atoms with Crippen LogP contribution in [0.1, 0.15) is 22.7 Å². The van der Waals surface area contributed by atoms with Crippen LogP contribution < -0.4 is 10.1 Å². The molecule has 0 bridgehead atoms. The lowest BCUT2D eigenvalue weighted by atomic mass is 10.0. The average Bonchev–Trinajstić information content (AvgIpc) is 2.78. The van der Waals surface area contributed by atoms with Crippen molar-refractivity contribution in [3.05, 3.63) is 84.0 Å². The maximum atomic E-state index is 12.6. The van der Waals surface area contributed by atoms with Crippen LogP contribution in [0.2, 0.25) is 0 Å². The van der Waals surface area contributed by atoms with Crippen molar-refractivity contribution < 1.29 is 14.3 Å². The van der Waals surface area contributed by atoms with E-state index >= 15 is 0 Å². The number of carbonyl (C=O) groups is 1. The molecule has 0 radical (unpaired) electrons. The van der Waals surface area contributed by atoms with Crippen LogP contribution >= 0.6 is 0 Å². The van der Waals surface area contributed by atoms with E-state index in [2.05, 4.69) is 48.0 Å². The Bertz CT molecular complexity index is 838. The molecule has 2 aromatic rings. The molecule has 1 atom stereocenters. The Morgan fingerprint density at radius 1 is 1.17 bits per heavy atom. The predicted molar refractivity (Wildman–Crippen MR) is 120 cm³/mol. The van der Waals surface area contributed by atoms with Gasteiger partial charge in [-0.25, -0.2) is 0 Å². The minimum absolute atomic E-state index is 0.0736. The van der Waals surface area contributed by atoms with Crippen molar-refractivity contribution in [2.75, 3.05) is 39.5 Å². The Balaban J connectivity index is 1.63. The summed E-state index contributed by atoms with van der Waals surface area (Å²) in [6, 6.07) is 15.9. The number of benzene rings is 2. The van der Waals surface area contributed by atoms with E-state index < -0.39 is 0 Å². The van der Waals surface area contributed by atoms with E-state index in [1.807, 2.05) is 30.3 Å². The first-order chi connectivity index (χ1) is 14.6. The molecule has 0 saturated carbocycles. The normalized spacial score (nSPS) is 15.6. The minimum atomic E-state index is -0.110. The Morgan fingerprint density at radius 2 is 1.87 bits per heavy atom. The van der Waals surface area contributed by atoms with Gasteiger partial charge in [0, 0.05) is 25.7 Å². The lowest BCUT2D eigenvalue weighted by Crippen LogP contribution is -2.42. The lowest BCUT2D eigenvalue weighted by Gasteiger charge is -2.31. The Hall–Kier alpha value is -2.89. The number of morpholine rings is 1. The molecule has 0 aromatic heterocycles. The molecular formula is C25H30N2O3. The van der Waals surface area contributed by atoms with Crippen molar-refractivity contribution in [1.82, 2.24) is 10.2 Å². The van der Waals surface area contributed by atoms with E-state index in [0.29, 0.717) is 6.61 Å². The van der Waals surface area contributed by atoms with Gasteiger partial charge in [-0.15, -0.1) is 0 Å². The van der Waals surface area contributed by atoms with Crippen molar-refractivity contribution in [3.8, 4) is 5.75 Å². The van der Waals surface area contributed by atoms with Crippen molar-refractivity contribution in [2.24, 2.45) is 0 Å². The lowest BCUT2D eigenvalue weighted by molar-refractivity contribution is -0.117. The standard InChI is InChI=1S/C25H30N2O3/c1-3-16-30-23-11-6-21(7-12-23)8-13-25(28)26-24(19-27-14-17-29-18-15-27)22-9-4-20(2)5-10-22/h3-13,24H,1,14-19H2,2H3,(H,26,28)/b13-8+/t24-/m0/s1. The van der Waals surface area contributed by atoms with Gasteiger partial charge in [0.1, 0.15) is 12.4 Å². The Labute approximate surface area is 179 Å². The summed E-state index contributed by atoms with van der Waals surface area (Å²) in [4.78, 5) is 15.0. The van der Waals surface area contributed by atoms with Crippen LogP contribution in [0.3, 0.4) is 0 Å². The number of carbonyl (C=O) groups excluding carboxylic acids is 1. The van der Waals surface area contributed by atoms with Crippen molar-refractivity contribution in [2.45, 2.75) is 13.0 Å². The molecule has 3 rings (SSSR count). The quantitative estimate of drug-likeness (QED) is 0.509. The highest BCUT2D eigenvalue weighted by atomic mass is 16.5. The third kappa shape index (κ3) is 6.87. The summed E-state index contributed by atoms with van der Waals surface area (Å²) in [7, 11) is 0. The molecule has 1 amide bonds. The van der Waals surface area contributed by atoms with Crippen LogP contribution in [0, 0.1) is 6.92 Å². The zero-order valence-corrected chi connectivity index (χ0v) is 17.5. The predicted octanol–water partition coefficient (Wildman–Crippen LogP) is 3.76. The summed E-state index contributed by atoms with van der Waals surface area (Å²) in [5, 5.41) is 3.17. The number of amides is 1. The zero-order valence-electron chi connectivity index (χ0n) is 17.5. The van der Waals surface area contributed by atoms with E-state index in [9.17, 15) is 4.79 Å². The maximum absolute atomic E-state index is 12.6. The van der Waals surface area contributed by atoms with Crippen molar-refractivity contribution in [3.63, 3.8) is 0 Å². The molecular weight excluding hydrogens is 376 g/mol. The van der Waals surface area contributed by atoms with E-state index in [-0.39, 0.29) is 11.9 Å². The molecule has 2 aromatic carbocycles. The number of nitrogens with one attached hydrogen (secondary N) is 1. The molecule has 0 unspecified atom stereocenters. The van der Waals surface area contributed by atoms with Gasteiger partial charge in [-0.05, 0) is 36.3 Å². The summed E-state index contributed by atoms with van der Waals surface area (Å²) in [6.07, 6.45) is 5.10. The first-order valence-electron chi connectivity index (χ1n) is 10.3. The second-order valence-corrected chi connectivity index (χ2v) is 7.39. The number of aryl methyl sites for hydroxylation is 1. The monoisotopic (exact) mass is 406 g/mol. The van der Waals surface area contributed by atoms with Gasteiger partial charge in [-0.2, -0.15) is 0 Å². The summed E-state index contributed by atoms with van der Waals surface area (Å²) in [5.41, 5.74) is 3.25. The highest BCUT2D eigenvalue weighted by Crippen LogP contribution is 2.17. The minimum Gasteiger partial charge on any atom is -0.490 e. The fourth-order valence-corrected chi connectivity index (χ4v) is 3.30. The molecule has 1 saturated heterocycles. The largest absolute Gasteiger partial charge is 0.490 e. The highest BCUT2D eigenvalue weighted by molar-refractivity contribution is 5.92. The van der Waals surface area contributed by atoms with Crippen molar-refractivity contribution >= 4 is 12.0 Å². The third-order valence-electron chi connectivity index (χ3n) is 5.02. The van der Waals surface area contributed by atoms with E-state index in [4.69, 9.17) is 9.47 Å². The van der Waals surface area contributed by atoms with Crippen LogP contribution in [0.15, 0.2) is 67.3 Å². The summed E-state index contributed by atoms with van der Waals surface area (Å²) in [6.45, 7) is 10.2. The SMILES string of the molecule is C=CCOc1ccc(/C=C/C(=O)N[C@@H](CN2CCOCC2)c2ccc(C)cc2)cc1. The third-order valence-corrected chi connectivity index (χ3v) is 5.02. The van der Waals surface area contributed by atoms with Crippen LogP contribution in [-0.4, -0.2) is 50.3 Å². The first-order valence-corrected chi connectivity index (χ1v) is 10.3. The highest BCUT2D eigenvalue weighted by Gasteiger charge is 2.19. The smallest absolute Gasteiger partial charge is 0.244 e. The first kappa shape index (κ1) is 21.8. The molecule has 1 aliphatic heterocycles. The molecule has 1 fully saturated rings. The van der Waals surface area contributed by atoms with E-state index in [1.165, 1.54) is 5.56 Å². The second kappa shape index (κ2) is 11.3. The molecule has 1 N–H and O–H groups in total. The number of rotatable bonds is 9. The molecule has 0 spiro atoms. The van der Waals surface area contributed by atoms with Gasteiger partial charge in [-0.3, -0.25) is 9.69 Å². The summed E-state index contributed by atoms with van der Waals surface area (Å²) < 4.78 is 10.9. The summed E-state index contributed by atoms with van der Waals surface area (Å²) in [5.74, 6) is 0.669. The molecule has 5 nitrogen and oxygen atoms in total. The van der Waals surface area contributed by atoms with Gasteiger partial charge in [0.05, 0.1) is 19.3 Å². The van der Waals surface area contributed by atoms with E-state index in [0.717, 1.165) is 49.7 Å². The number of nitrogens with zero attached hydrogens (tertiary/aromatic N) is 1. The Kier molecular flexibility index (Phi) is 8.24. The molecule has 5 heteroatoms. The maximum Gasteiger partial charge on any atom is 0.244 e. The van der Waals surface area contributed by atoms with Gasteiger partial charge >= 0.3 is 0 Å². The topological polar surface area (TPSA) is 50.8 Å². The van der Waals surface area contributed by atoms with Gasteiger partial charge in [0.2, 0.25) is 5.91 Å². The number of hydrogen-bond acceptors (Lipinski definition) is 4. The van der Waals surface area contributed by atoms with Crippen LogP contribution in [0.25, 0.3) is 6.08 Å². The van der Waals surface area contributed by atoms with Gasteiger partial charge < -0.3 is 14.8 Å². The summed E-state index contributed by atoms with van der Waals surface area (Å²) >= 11 is 0. The molecule has 1 heterocycles. The van der Waals surface area contributed by atoms with Gasteiger partial charge in [-0.1, -0.05) is 54.6 Å². The molecule has 158 valence electrons. The van der Waals surface area contributed by atoms with Crippen molar-refractivity contribution in [1.29, 1.82) is 0 Å². The van der Waals surface area contributed by atoms with Crippen LogP contribution in [-0.2, 0) is 9.53 Å². The molecule has 1 aliphatic rings. The van der Waals surface area contributed by atoms with Crippen LogP contribution in [0.4, 0.5) is 0 Å². The molecule has 30 heavy (non-hydrogen) atoms. The van der Waals surface area contributed by atoms with Gasteiger partial charge in [0.15, 0.2) is 0 Å². The second-order valence-electron chi connectivity index (χ2n) is 7.39. The fourth-order valence-electron chi connectivity index (χ4n) is 3.30.